The summed E-state index contributed by atoms with van der Waals surface area (Å²) >= 11 is 1.53. The van der Waals surface area contributed by atoms with Gasteiger partial charge in [0.25, 0.3) is 0 Å². The van der Waals surface area contributed by atoms with Crippen LogP contribution in [0.2, 0.25) is 0 Å². The Hall–Kier alpha value is -1.33. The summed E-state index contributed by atoms with van der Waals surface area (Å²) in [5.74, 6) is 0.581. The van der Waals surface area contributed by atoms with E-state index in [-0.39, 0.29) is 30.3 Å². The summed E-state index contributed by atoms with van der Waals surface area (Å²) in [5, 5.41) is 11.9. The van der Waals surface area contributed by atoms with Gasteiger partial charge in [-0.2, -0.15) is 0 Å². The second-order valence-corrected chi connectivity index (χ2v) is 5.96. The highest BCUT2D eigenvalue weighted by Crippen LogP contribution is 2.20. The Morgan fingerprint density at radius 1 is 1.35 bits per heavy atom. The first-order valence-corrected chi connectivity index (χ1v) is 7.63. The van der Waals surface area contributed by atoms with Crippen LogP contribution in [0.15, 0.2) is 41.3 Å². The van der Waals surface area contributed by atoms with Gasteiger partial charge in [-0.05, 0) is 30.7 Å². The summed E-state index contributed by atoms with van der Waals surface area (Å²) in [7, 11) is 0. The maximum absolute atomic E-state index is 12.7. The summed E-state index contributed by atoms with van der Waals surface area (Å²) < 4.78 is 12.7. The number of benzene rings is 1. The van der Waals surface area contributed by atoms with Crippen molar-refractivity contribution in [2.75, 3.05) is 12.4 Å². The lowest BCUT2D eigenvalue weighted by Crippen LogP contribution is -2.33. The second-order valence-electron chi connectivity index (χ2n) is 4.79. The normalized spacial score (nSPS) is 21.1. The van der Waals surface area contributed by atoms with Crippen molar-refractivity contribution in [2.45, 2.75) is 23.8 Å². The smallest absolute Gasteiger partial charge is 0.221 e. The molecule has 1 aliphatic carbocycles. The molecule has 108 valence electrons. The molecular weight excluding hydrogens is 277 g/mol. The van der Waals surface area contributed by atoms with Crippen LogP contribution in [0, 0.1) is 11.7 Å². The molecule has 1 amide bonds. The van der Waals surface area contributed by atoms with Crippen molar-refractivity contribution >= 4 is 17.7 Å². The van der Waals surface area contributed by atoms with Crippen molar-refractivity contribution in [3.05, 3.63) is 42.2 Å². The molecule has 1 aromatic carbocycles. The number of carbonyl (C=O) groups excluding carboxylic acids is 1. The van der Waals surface area contributed by atoms with Gasteiger partial charge in [0, 0.05) is 35.6 Å². The topological polar surface area (TPSA) is 49.3 Å². The summed E-state index contributed by atoms with van der Waals surface area (Å²) in [5.41, 5.74) is 0. The summed E-state index contributed by atoms with van der Waals surface area (Å²) in [4.78, 5) is 12.7. The summed E-state index contributed by atoms with van der Waals surface area (Å²) in [6.07, 6.45) is 5.08. The highest BCUT2D eigenvalue weighted by molar-refractivity contribution is 7.99. The van der Waals surface area contributed by atoms with Crippen LogP contribution in [0.5, 0.6) is 0 Å². The number of thioether (sulfide) groups is 1. The fraction of sp³-hybridized carbons (Fsp3) is 0.400. The minimum Gasteiger partial charge on any atom is -0.396 e. The molecule has 2 N–H and O–H groups in total. The molecule has 2 rings (SSSR count). The van der Waals surface area contributed by atoms with Gasteiger partial charge in [-0.1, -0.05) is 12.2 Å². The van der Waals surface area contributed by atoms with Crippen molar-refractivity contribution in [2.24, 2.45) is 5.92 Å². The quantitative estimate of drug-likeness (QED) is 0.626. The molecule has 0 fully saturated rings. The van der Waals surface area contributed by atoms with Crippen LogP contribution in [0.1, 0.15) is 12.8 Å². The number of amides is 1. The van der Waals surface area contributed by atoms with Crippen LogP contribution in [-0.4, -0.2) is 29.4 Å². The average molecular weight is 295 g/mol. The molecule has 2 atom stereocenters. The van der Waals surface area contributed by atoms with E-state index in [1.807, 2.05) is 12.2 Å². The Balaban J connectivity index is 1.66. The van der Waals surface area contributed by atoms with Crippen molar-refractivity contribution in [1.29, 1.82) is 0 Å². The zero-order valence-electron chi connectivity index (χ0n) is 11.1. The first-order valence-electron chi connectivity index (χ1n) is 6.64. The number of rotatable bonds is 6. The summed E-state index contributed by atoms with van der Waals surface area (Å²) in [6.45, 7) is 0.128. The predicted molar refractivity (Wildman–Crippen MR) is 78.0 cm³/mol. The van der Waals surface area contributed by atoms with Crippen LogP contribution < -0.4 is 5.32 Å². The lowest BCUT2D eigenvalue weighted by molar-refractivity contribution is -0.121. The van der Waals surface area contributed by atoms with E-state index in [0.717, 1.165) is 11.3 Å². The molecule has 20 heavy (non-hydrogen) atoms. The molecule has 3 nitrogen and oxygen atoms in total. The van der Waals surface area contributed by atoms with Crippen LogP contribution in [0.4, 0.5) is 4.39 Å². The number of hydrogen-bond acceptors (Lipinski definition) is 3. The molecule has 0 aliphatic heterocycles. The zero-order valence-corrected chi connectivity index (χ0v) is 11.9. The van der Waals surface area contributed by atoms with Gasteiger partial charge >= 0.3 is 0 Å². The monoisotopic (exact) mass is 295 g/mol. The number of aliphatic hydroxyl groups is 1. The van der Waals surface area contributed by atoms with Crippen molar-refractivity contribution in [3.8, 4) is 0 Å². The Morgan fingerprint density at radius 3 is 2.75 bits per heavy atom. The highest BCUT2D eigenvalue weighted by atomic mass is 32.2. The molecular formula is C15H18FNO2S. The molecule has 5 heteroatoms. The van der Waals surface area contributed by atoms with E-state index in [9.17, 15) is 9.18 Å². The van der Waals surface area contributed by atoms with Crippen LogP contribution in [0.3, 0.4) is 0 Å². The average Bonchev–Trinajstić information content (AvgIpc) is 2.88. The molecule has 0 saturated carbocycles. The van der Waals surface area contributed by atoms with E-state index in [2.05, 4.69) is 5.32 Å². The predicted octanol–water partition coefficient (Wildman–Crippen LogP) is 2.36. The zero-order chi connectivity index (χ0) is 14.4. The fourth-order valence-electron chi connectivity index (χ4n) is 2.09. The highest BCUT2D eigenvalue weighted by Gasteiger charge is 2.19. The van der Waals surface area contributed by atoms with Gasteiger partial charge in [0.05, 0.1) is 0 Å². The molecule has 0 unspecified atom stereocenters. The lowest BCUT2D eigenvalue weighted by Gasteiger charge is -2.12. The van der Waals surface area contributed by atoms with Gasteiger partial charge in [-0.15, -0.1) is 11.8 Å². The van der Waals surface area contributed by atoms with Gasteiger partial charge in [0.2, 0.25) is 5.91 Å². The molecule has 0 spiro atoms. The fourth-order valence-corrected chi connectivity index (χ4v) is 2.94. The molecule has 1 aromatic rings. The van der Waals surface area contributed by atoms with Gasteiger partial charge in [-0.25, -0.2) is 4.39 Å². The maximum Gasteiger partial charge on any atom is 0.221 e. The van der Waals surface area contributed by atoms with E-state index in [0.29, 0.717) is 12.2 Å². The van der Waals surface area contributed by atoms with Crippen molar-refractivity contribution in [3.63, 3.8) is 0 Å². The Labute approximate surface area is 122 Å². The third-order valence-corrected chi connectivity index (χ3v) is 4.18. The molecule has 0 heterocycles. The molecule has 0 bridgehead atoms. The minimum absolute atomic E-state index is 0.00727. The first kappa shape index (κ1) is 15.1. The summed E-state index contributed by atoms with van der Waals surface area (Å²) in [6, 6.07) is 6.30. The third kappa shape index (κ3) is 4.65. The van der Waals surface area contributed by atoms with E-state index in [4.69, 9.17) is 5.11 Å². The second kappa shape index (κ2) is 7.45. The Morgan fingerprint density at radius 2 is 2.10 bits per heavy atom. The Kier molecular flexibility index (Phi) is 5.61. The van der Waals surface area contributed by atoms with Gasteiger partial charge < -0.3 is 10.4 Å². The molecule has 0 radical (unpaired) electrons. The number of carbonyl (C=O) groups is 1. The van der Waals surface area contributed by atoms with Gasteiger partial charge in [0.15, 0.2) is 0 Å². The minimum atomic E-state index is -0.251. The van der Waals surface area contributed by atoms with Crippen LogP contribution in [0.25, 0.3) is 0 Å². The largest absolute Gasteiger partial charge is 0.396 e. The van der Waals surface area contributed by atoms with Gasteiger partial charge in [-0.3, -0.25) is 4.79 Å². The number of hydrogen-bond donors (Lipinski definition) is 2. The molecule has 0 saturated heterocycles. The van der Waals surface area contributed by atoms with Crippen molar-refractivity contribution < 1.29 is 14.3 Å². The number of nitrogens with one attached hydrogen (secondary N) is 1. The Bertz CT molecular complexity index is 475. The van der Waals surface area contributed by atoms with E-state index < -0.39 is 0 Å². The van der Waals surface area contributed by atoms with Crippen LogP contribution in [-0.2, 0) is 4.79 Å². The first-order chi connectivity index (χ1) is 9.67. The maximum atomic E-state index is 12.7. The number of halogens is 1. The van der Waals surface area contributed by atoms with E-state index in [1.165, 1.54) is 23.9 Å². The van der Waals surface area contributed by atoms with Gasteiger partial charge in [0.1, 0.15) is 5.82 Å². The molecule has 1 aliphatic rings. The molecule has 0 aromatic heterocycles. The standard InChI is InChI=1S/C15H18FNO2S/c16-12-2-5-14(6-3-12)20-8-7-15(19)17-13-4-1-11(9-13)10-18/h1-6,11,13,18H,7-10H2,(H,17,19)/t11-,13+/m0/s1. The number of aliphatic hydroxyl groups excluding tert-OH is 1. The SMILES string of the molecule is O=C(CCSc1ccc(F)cc1)N[C@@H]1C=C[C@H](CO)C1. The van der Waals surface area contributed by atoms with Crippen molar-refractivity contribution in [1.82, 2.24) is 5.32 Å². The third-order valence-electron chi connectivity index (χ3n) is 3.16. The van der Waals surface area contributed by atoms with E-state index in [1.54, 1.807) is 12.1 Å². The lowest BCUT2D eigenvalue weighted by atomic mass is 10.1. The van der Waals surface area contributed by atoms with E-state index >= 15 is 0 Å². The van der Waals surface area contributed by atoms with Crippen LogP contribution >= 0.6 is 11.8 Å².